The summed E-state index contributed by atoms with van der Waals surface area (Å²) in [5, 5.41) is 2.83. The third-order valence-electron chi connectivity index (χ3n) is 4.90. The summed E-state index contributed by atoms with van der Waals surface area (Å²) < 4.78 is 0. The topological polar surface area (TPSA) is 55.9 Å². The van der Waals surface area contributed by atoms with Crippen LogP contribution >= 0.6 is 0 Å². The highest BCUT2D eigenvalue weighted by Gasteiger charge is 2.24. The van der Waals surface area contributed by atoms with E-state index in [-0.39, 0.29) is 11.9 Å². The Morgan fingerprint density at radius 3 is 2.14 bits per heavy atom. The lowest BCUT2D eigenvalue weighted by atomic mass is 10.2. The van der Waals surface area contributed by atoms with Gasteiger partial charge in [-0.05, 0) is 24.6 Å². The molecule has 1 N–H and O–H groups in total. The molecule has 0 saturated carbocycles. The van der Waals surface area contributed by atoms with E-state index in [2.05, 4.69) is 10.2 Å². The van der Waals surface area contributed by atoms with Crippen LogP contribution in [0, 0.1) is 0 Å². The molecule has 3 rings (SSSR count). The molecule has 0 bridgehead atoms. The van der Waals surface area contributed by atoms with Gasteiger partial charge in [-0.3, -0.25) is 9.69 Å². The molecule has 0 aromatic heterocycles. The van der Waals surface area contributed by atoms with Gasteiger partial charge in [-0.15, -0.1) is 0 Å². The molecule has 1 aliphatic heterocycles. The second-order valence-electron chi connectivity index (χ2n) is 6.90. The lowest BCUT2D eigenvalue weighted by molar-refractivity contribution is -0.120. The van der Waals surface area contributed by atoms with Crippen molar-refractivity contribution in [3.63, 3.8) is 0 Å². The molecule has 6 heteroatoms. The van der Waals surface area contributed by atoms with Gasteiger partial charge in [0.1, 0.15) is 0 Å². The van der Waals surface area contributed by atoms with E-state index in [9.17, 15) is 9.59 Å². The van der Waals surface area contributed by atoms with Crippen LogP contribution in [0.2, 0.25) is 0 Å². The first-order valence-corrected chi connectivity index (χ1v) is 9.82. The fraction of sp³-hybridized carbons (Fsp3) is 0.364. The van der Waals surface area contributed by atoms with E-state index in [1.165, 1.54) is 0 Å². The van der Waals surface area contributed by atoms with E-state index in [0.717, 1.165) is 11.3 Å². The molecule has 1 aliphatic rings. The Morgan fingerprint density at radius 1 is 0.929 bits per heavy atom. The minimum atomic E-state index is -0.0246. The van der Waals surface area contributed by atoms with E-state index in [1.54, 1.807) is 0 Å². The number of benzene rings is 2. The molecule has 1 fully saturated rings. The number of carbonyl (C=O) groups excluding carboxylic acids is 2. The molecule has 0 aliphatic carbocycles. The van der Waals surface area contributed by atoms with E-state index in [1.807, 2.05) is 77.4 Å². The first-order chi connectivity index (χ1) is 13.7. The molecule has 28 heavy (non-hydrogen) atoms. The normalized spacial score (nSPS) is 14.5. The van der Waals surface area contributed by atoms with Crippen LogP contribution < -0.4 is 10.2 Å². The number of amides is 3. The van der Waals surface area contributed by atoms with Crippen molar-refractivity contribution in [1.29, 1.82) is 0 Å². The molecular formula is C22H28N4O2. The lowest BCUT2D eigenvalue weighted by Crippen LogP contribution is -2.53. The van der Waals surface area contributed by atoms with Crippen molar-refractivity contribution < 1.29 is 9.59 Å². The molecule has 6 nitrogen and oxygen atoms in total. The SMILES string of the molecule is CCNC(=O)N1CCN(CC(=O)N(Cc2ccccc2)c2ccccc2)CC1. The fourth-order valence-corrected chi connectivity index (χ4v) is 3.35. The Balaban J connectivity index is 1.63. The van der Waals surface area contributed by atoms with Crippen molar-refractivity contribution in [3.8, 4) is 0 Å². The molecule has 1 heterocycles. The number of para-hydroxylation sites is 1. The van der Waals surface area contributed by atoms with Gasteiger partial charge < -0.3 is 15.1 Å². The summed E-state index contributed by atoms with van der Waals surface area (Å²) in [6, 6.07) is 19.8. The summed E-state index contributed by atoms with van der Waals surface area (Å²) in [6.07, 6.45) is 0. The molecular weight excluding hydrogens is 352 g/mol. The lowest BCUT2D eigenvalue weighted by Gasteiger charge is -2.35. The number of nitrogens with zero attached hydrogens (tertiary/aromatic N) is 3. The predicted octanol–water partition coefficient (Wildman–Crippen LogP) is 2.57. The van der Waals surface area contributed by atoms with E-state index in [0.29, 0.717) is 45.8 Å². The van der Waals surface area contributed by atoms with E-state index < -0.39 is 0 Å². The monoisotopic (exact) mass is 380 g/mol. The zero-order chi connectivity index (χ0) is 19.8. The maximum Gasteiger partial charge on any atom is 0.317 e. The van der Waals surface area contributed by atoms with Crippen molar-refractivity contribution in [2.45, 2.75) is 13.5 Å². The minimum Gasteiger partial charge on any atom is -0.338 e. The molecule has 0 radical (unpaired) electrons. The van der Waals surface area contributed by atoms with Gasteiger partial charge in [-0.1, -0.05) is 48.5 Å². The minimum absolute atomic E-state index is 0.0246. The Kier molecular flexibility index (Phi) is 7.03. The Hall–Kier alpha value is -2.86. The number of carbonyl (C=O) groups is 2. The predicted molar refractivity (Wildman–Crippen MR) is 111 cm³/mol. The maximum atomic E-state index is 13.1. The maximum absolute atomic E-state index is 13.1. The average molecular weight is 380 g/mol. The van der Waals surface area contributed by atoms with E-state index >= 15 is 0 Å². The molecule has 3 amide bonds. The van der Waals surface area contributed by atoms with Crippen LogP contribution in [0.5, 0.6) is 0 Å². The van der Waals surface area contributed by atoms with Crippen LogP contribution in [-0.2, 0) is 11.3 Å². The molecule has 2 aromatic carbocycles. The number of piperazine rings is 1. The van der Waals surface area contributed by atoms with Crippen LogP contribution in [0.3, 0.4) is 0 Å². The van der Waals surface area contributed by atoms with Gasteiger partial charge in [0.05, 0.1) is 13.1 Å². The summed E-state index contributed by atoms with van der Waals surface area (Å²) in [7, 11) is 0. The third kappa shape index (κ3) is 5.33. The number of rotatable bonds is 6. The van der Waals surface area contributed by atoms with Gasteiger partial charge in [0.2, 0.25) is 5.91 Å². The average Bonchev–Trinajstić information content (AvgIpc) is 2.74. The van der Waals surface area contributed by atoms with Gasteiger partial charge in [-0.25, -0.2) is 4.79 Å². The smallest absolute Gasteiger partial charge is 0.317 e. The third-order valence-corrected chi connectivity index (χ3v) is 4.90. The quantitative estimate of drug-likeness (QED) is 0.838. The van der Waals surface area contributed by atoms with Crippen LogP contribution in [0.15, 0.2) is 60.7 Å². The molecule has 2 aromatic rings. The van der Waals surface area contributed by atoms with Crippen molar-refractivity contribution in [1.82, 2.24) is 15.1 Å². The van der Waals surface area contributed by atoms with Gasteiger partial charge in [0.15, 0.2) is 0 Å². The zero-order valence-corrected chi connectivity index (χ0v) is 16.4. The van der Waals surface area contributed by atoms with Crippen molar-refractivity contribution in [3.05, 3.63) is 66.2 Å². The largest absolute Gasteiger partial charge is 0.338 e. The second-order valence-corrected chi connectivity index (χ2v) is 6.90. The first-order valence-electron chi connectivity index (χ1n) is 9.82. The standard InChI is InChI=1S/C22H28N4O2/c1-2-23-22(28)25-15-13-24(14-16-25)18-21(27)26(20-11-7-4-8-12-20)17-19-9-5-3-6-10-19/h3-12H,2,13-18H2,1H3,(H,23,28). The van der Waals surface area contributed by atoms with Gasteiger partial charge >= 0.3 is 6.03 Å². The van der Waals surface area contributed by atoms with Crippen LogP contribution in [0.1, 0.15) is 12.5 Å². The highest BCUT2D eigenvalue weighted by Crippen LogP contribution is 2.18. The van der Waals surface area contributed by atoms with Crippen LogP contribution in [0.4, 0.5) is 10.5 Å². The number of nitrogens with one attached hydrogen (secondary N) is 1. The number of anilines is 1. The Labute approximate surface area is 166 Å². The van der Waals surface area contributed by atoms with Crippen LogP contribution in [0.25, 0.3) is 0 Å². The number of hydrogen-bond acceptors (Lipinski definition) is 3. The number of hydrogen-bond donors (Lipinski definition) is 1. The van der Waals surface area contributed by atoms with Crippen molar-refractivity contribution >= 4 is 17.6 Å². The summed E-state index contributed by atoms with van der Waals surface area (Å²) in [5.41, 5.74) is 2.00. The summed E-state index contributed by atoms with van der Waals surface area (Å²) in [4.78, 5) is 30.8. The fourth-order valence-electron chi connectivity index (χ4n) is 3.35. The first kappa shape index (κ1) is 19.9. The highest BCUT2D eigenvalue weighted by atomic mass is 16.2. The zero-order valence-electron chi connectivity index (χ0n) is 16.4. The Morgan fingerprint density at radius 2 is 1.54 bits per heavy atom. The summed E-state index contributed by atoms with van der Waals surface area (Å²) in [6.45, 7) is 6.13. The number of urea groups is 1. The van der Waals surface area contributed by atoms with Crippen molar-refractivity contribution in [2.75, 3.05) is 44.2 Å². The molecule has 0 spiro atoms. The van der Waals surface area contributed by atoms with Gasteiger partial charge in [0, 0.05) is 38.4 Å². The molecule has 0 atom stereocenters. The Bertz CT molecular complexity index is 759. The summed E-state index contributed by atoms with van der Waals surface area (Å²) in [5.74, 6) is 0.0708. The van der Waals surface area contributed by atoms with Gasteiger partial charge in [-0.2, -0.15) is 0 Å². The van der Waals surface area contributed by atoms with Crippen LogP contribution in [-0.4, -0.2) is 61.0 Å². The molecule has 0 unspecified atom stereocenters. The van der Waals surface area contributed by atoms with E-state index in [4.69, 9.17) is 0 Å². The molecule has 148 valence electrons. The highest BCUT2D eigenvalue weighted by molar-refractivity contribution is 5.94. The van der Waals surface area contributed by atoms with Crippen molar-refractivity contribution in [2.24, 2.45) is 0 Å². The molecule has 1 saturated heterocycles. The van der Waals surface area contributed by atoms with Gasteiger partial charge in [0.25, 0.3) is 0 Å². The summed E-state index contributed by atoms with van der Waals surface area (Å²) >= 11 is 0. The second kappa shape index (κ2) is 9.90.